The van der Waals surface area contributed by atoms with Crippen LogP contribution in [0.15, 0.2) is 60.7 Å². The van der Waals surface area contributed by atoms with E-state index in [1.807, 2.05) is 0 Å². The van der Waals surface area contributed by atoms with E-state index in [-0.39, 0.29) is 15.8 Å². The van der Waals surface area contributed by atoms with Gasteiger partial charge in [-0.25, -0.2) is 0 Å². The Bertz CT molecular complexity index is 706. The smallest absolute Gasteiger partial charge is 0.00477 e. The molecule has 2 heterocycles. The molecule has 0 aromatic heterocycles. The summed E-state index contributed by atoms with van der Waals surface area (Å²) in [6, 6.07) is 23.0. The first-order valence-electron chi connectivity index (χ1n) is 12.2. The van der Waals surface area contributed by atoms with Gasteiger partial charge in [-0.2, -0.15) is 0 Å². The van der Waals surface area contributed by atoms with E-state index in [0.717, 1.165) is 34.5 Å². The Hall–Kier alpha value is -0.700. The van der Waals surface area contributed by atoms with E-state index in [1.54, 1.807) is 11.1 Å². The van der Waals surface area contributed by atoms with Gasteiger partial charge in [0.15, 0.2) is 0 Å². The second-order valence-corrected chi connectivity index (χ2v) is 15.6. The Morgan fingerprint density at radius 3 is 1.40 bits per heavy atom. The largest absolute Gasteiger partial charge is 0.0995 e. The van der Waals surface area contributed by atoms with Gasteiger partial charge < -0.3 is 0 Å². The minimum atomic E-state index is -0.00116. The third-order valence-corrected chi connectivity index (χ3v) is 15.6. The lowest BCUT2D eigenvalue weighted by Gasteiger charge is -2.34. The molecule has 2 saturated heterocycles. The first-order valence-corrected chi connectivity index (χ1v) is 15.5. The lowest BCUT2D eigenvalue weighted by molar-refractivity contribution is 0.543. The molecule has 0 N–H and O–H groups in total. The summed E-state index contributed by atoms with van der Waals surface area (Å²) in [5.41, 5.74) is 6.85. The summed E-state index contributed by atoms with van der Waals surface area (Å²) in [6.45, 7) is 9.96. The predicted molar refractivity (Wildman–Crippen MR) is 138 cm³/mol. The van der Waals surface area contributed by atoms with Crippen molar-refractivity contribution < 1.29 is 0 Å². The maximum Gasteiger partial charge on any atom is 0.00477 e. The highest BCUT2D eigenvalue weighted by molar-refractivity contribution is 7.63. The topological polar surface area (TPSA) is 0 Å². The van der Waals surface area contributed by atoms with Gasteiger partial charge in [-0.15, -0.1) is 0 Å². The zero-order valence-electron chi connectivity index (χ0n) is 19.4. The van der Waals surface area contributed by atoms with E-state index in [4.69, 9.17) is 0 Å². The normalized spacial score (nSPS) is 28.1. The first kappa shape index (κ1) is 22.5. The molecular formula is C28H40P2. The fourth-order valence-corrected chi connectivity index (χ4v) is 14.8. The highest BCUT2D eigenvalue weighted by Crippen LogP contribution is 2.72. The van der Waals surface area contributed by atoms with Gasteiger partial charge in [0.2, 0.25) is 0 Å². The molecule has 162 valence electrons. The second kappa shape index (κ2) is 10.3. The predicted octanol–water partition coefficient (Wildman–Crippen LogP) is 9.07. The van der Waals surface area contributed by atoms with Crippen molar-refractivity contribution in [3.8, 4) is 0 Å². The highest BCUT2D eigenvalue weighted by atomic mass is 31.1. The molecule has 0 radical (unpaired) electrons. The number of hydrogen-bond acceptors (Lipinski definition) is 0. The van der Waals surface area contributed by atoms with Gasteiger partial charge in [0.25, 0.3) is 0 Å². The van der Waals surface area contributed by atoms with Gasteiger partial charge in [0.05, 0.1) is 0 Å². The zero-order valence-corrected chi connectivity index (χ0v) is 21.2. The number of rotatable bonds is 7. The zero-order chi connectivity index (χ0) is 21.1. The van der Waals surface area contributed by atoms with Crippen molar-refractivity contribution in [3.05, 3.63) is 71.8 Å². The third-order valence-electron chi connectivity index (χ3n) is 7.65. The summed E-state index contributed by atoms with van der Waals surface area (Å²) < 4.78 is 0. The maximum absolute atomic E-state index is 2.49. The van der Waals surface area contributed by atoms with Crippen LogP contribution in [0, 0.1) is 11.8 Å². The van der Waals surface area contributed by atoms with Crippen LogP contribution >= 0.6 is 15.8 Å². The fraction of sp³-hybridized carbons (Fsp3) is 0.571. The van der Waals surface area contributed by atoms with Gasteiger partial charge in [0.1, 0.15) is 0 Å². The summed E-state index contributed by atoms with van der Waals surface area (Å²) in [7, 11) is 0.172. The molecule has 0 saturated carbocycles. The van der Waals surface area contributed by atoms with Crippen molar-refractivity contribution >= 4 is 15.8 Å². The van der Waals surface area contributed by atoms with Crippen molar-refractivity contribution in [3.63, 3.8) is 0 Å². The van der Waals surface area contributed by atoms with Crippen molar-refractivity contribution in [2.75, 3.05) is 12.3 Å². The van der Waals surface area contributed by atoms with Crippen molar-refractivity contribution in [1.82, 2.24) is 0 Å². The van der Waals surface area contributed by atoms with Crippen LogP contribution in [0.25, 0.3) is 0 Å². The van der Waals surface area contributed by atoms with Gasteiger partial charge in [-0.05, 0) is 72.3 Å². The lowest BCUT2D eigenvalue weighted by Crippen LogP contribution is -2.17. The van der Waals surface area contributed by atoms with Crippen molar-refractivity contribution in [1.29, 1.82) is 0 Å². The lowest BCUT2D eigenvalue weighted by atomic mass is 10.0. The average Bonchev–Trinajstić information content (AvgIpc) is 3.38. The van der Waals surface area contributed by atoms with E-state index in [9.17, 15) is 0 Å². The molecule has 0 bridgehead atoms. The Balaban J connectivity index is 1.57. The molecule has 0 spiro atoms. The van der Waals surface area contributed by atoms with Gasteiger partial charge in [0, 0.05) is 11.3 Å². The molecule has 30 heavy (non-hydrogen) atoms. The van der Waals surface area contributed by atoms with Gasteiger partial charge >= 0.3 is 0 Å². The Kier molecular flexibility index (Phi) is 7.71. The quantitative estimate of drug-likeness (QED) is 0.378. The molecule has 2 aromatic carbocycles. The number of hydrogen-bond donors (Lipinski definition) is 0. The molecule has 4 atom stereocenters. The molecular weight excluding hydrogens is 398 g/mol. The fourth-order valence-electron chi connectivity index (χ4n) is 6.16. The average molecular weight is 439 g/mol. The standard InChI is InChI=1S/C28H40P2/c1-21(2)25-15-16-26(22(3)4)29(25)19-20-30-27(23-11-7-5-8-12-23)17-18-28(30)24-13-9-6-10-14-24/h5-14,21-22,25-28H,15-20H2,1-4H3/t25-,26-,27-,28-/m1/s1. The molecule has 0 nitrogen and oxygen atoms in total. The van der Waals surface area contributed by atoms with Crippen molar-refractivity contribution in [2.24, 2.45) is 11.8 Å². The van der Waals surface area contributed by atoms with E-state index in [2.05, 4.69) is 88.4 Å². The van der Waals surface area contributed by atoms with E-state index in [1.165, 1.54) is 38.0 Å². The molecule has 0 unspecified atom stereocenters. The molecule has 2 heteroatoms. The SMILES string of the molecule is CC(C)[C@H]1CC[C@H](C(C)C)P1CCP1[C@@H](c2ccccc2)CC[C@@H]1c1ccccc1. The summed E-state index contributed by atoms with van der Waals surface area (Å²) in [4.78, 5) is 0. The van der Waals surface area contributed by atoms with Crippen LogP contribution in [0.3, 0.4) is 0 Å². The van der Waals surface area contributed by atoms with E-state index in [0.29, 0.717) is 0 Å². The van der Waals surface area contributed by atoms with Crippen LogP contribution in [0.2, 0.25) is 0 Å². The van der Waals surface area contributed by atoms with Crippen LogP contribution in [0.4, 0.5) is 0 Å². The Morgan fingerprint density at radius 2 is 1.00 bits per heavy atom. The number of benzene rings is 2. The summed E-state index contributed by atoms with van der Waals surface area (Å²) in [6.07, 6.45) is 8.78. The summed E-state index contributed by atoms with van der Waals surface area (Å²) in [5, 5.41) is 0. The Labute approximate surface area is 187 Å². The van der Waals surface area contributed by atoms with Crippen LogP contribution in [-0.4, -0.2) is 23.6 Å². The monoisotopic (exact) mass is 438 g/mol. The molecule has 0 amide bonds. The van der Waals surface area contributed by atoms with E-state index >= 15 is 0 Å². The minimum absolute atomic E-state index is 0.00116. The van der Waals surface area contributed by atoms with Crippen LogP contribution in [0.5, 0.6) is 0 Å². The van der Waals surface area contributed by atoms with E-state index < -0.39 is 0 Å². The second-order valence-electron chi connectivity index (χ2n) is 10.1. The summed E-state index contributed by atoms with van der Waals surface area (Å²) in [5.74, 6) is 1.73. The summed E-state index contributed by atoms with van der Waals surface area (Å²) >= 11 is 0. The molecule has 4 rings (SSSR count). The molecule has 2 fully saturated rings. The highest BCUT2D eigenvalue weighted by Gasteiger charge is 2.41. The molecule has 2 aliphatic rings. The van der Waals surface area contributed by atoms with Crippen LogP contribution in [-0.2, 0) is 0 Å². The minimum Gasteiger partial charge on any atom is -0.0995 e. The molecule has 2 aliphatic heterocycles. The van der Waals surface area contributed by atoms with Crippen molar-refractivity contribution in [2.45, 2.75) is 76.0 Å². The van der Waals surface area contributed by atoms with Gasteiger partial charge in [-0.1, -0.05) is 104 Å². The van der Waals surface area contributed by atoms with Crippen LogP contribution in [0.1, 0.15) is 75.8 Å². The first-order chi connectivity index (χ1) is 14.6. The van der Waals surface area contributed by atoms with Gasteiger partial charge in [-0.3, -0.25) is 0 Å². The Morgan fingerprint density at radius 1 is 0.600 bits per heavy atom. The van der Waals surface area contributed by atoms with Crippen LogP contribution < -0.4 is 0 Å². The maximum atomic E-state index is 2.49. The third kappa shape index (κ3) is 4.87. The molecule has 0 aliphatic carbocycles. The molecule has 2 aromatic rings.